The first-order valence-electron chi connectivity index (χ1n) is 5.21. The van der Waals surface area contributed by atoms with E-state index in [0.29, 0.717) is 12.3 Å². The molecule has 94 valence electrons. The van der Waals surface area contributed by atoms with E-state index in [2.05, 4.69) is 21.1 Å². The maximum Gasteiger partial charge on any atom is 0.321 e. The van der Waals surface area contributed by atoms with Gasteiger partial charge in [0.1, 0.15) is 0 Å². The highest BCUT2D eigenvalue weighted by Gasteiger charge is 2.15. The van der Waals surface area contributed by atoms with E-state index < -0.39 is 18.0 Å². The molecule has 1 unspecified atom stereocenters. The van der Waals surface area contributed by atoms with Crippen molar-refractivity contribution in [1.29, 1.82) is 0 Å². The Bertz CT molecular complexity index is 402. The molecule has 0 saturated carbocycles. The largest absolute Gasteiger partial charge is 0.360 e. The van der Waals surface area contributed by atoms with E-state index in [-0.39, 0.29) is 0 Å². The number of urea groups is 1. The lowest BCUT2D eigenvalue weighted by Gasteiger charge is -2.11. The Morgan fingerprint density at radius 1 is 1.53 bits per heavy atom. The van der Waals surface area contributed by atoms with Crippen molar-refractivity contribution in [3.05, 3.63) is 17.5 Å². The smallest absolute Gasteiger partial charge is 0.321 e. The molecule has 3 N–H and O–H groups in total. The lowest BCUT2D eigenvalue weighted by molar-refractivity contribution is -0.121. The molecule has 1 rings (SSSR count). The number of carbonyl (C=O) groups is 2. The summed E-state index contributed by atoms with van der Waals surface area (Å²) in [5, 5.41) is 11.1. The Balaban J connectivity index is 2.36. The number of aromatic nitrogens is 1. The lowest BCUT2D eigenvalue weighted by Crippen LogP contribution is -2.47. The van der Waals surface area contributed by atoms with Crippen molar-refractivity contribution in [3.63, 3.8) is 0 Å². The first-order valence-corrected chi connectivity index (χ1v) is 5.21. The maximum atomic E-state index is 11.5. The standard InChI is InChI=1S/C10H16N4O3/c1-6-4-8(17-14-6)5-12-7(2)9(15)13-10(16)11-3/h4,7,12H,5H2,1-3H3,(H2,11,13,15,16). The SMILES string of the molecule is CNC(=O)NC(=O)C(C)NCc1cc(C)no1. The molecule has 0 fully saturated rings. The average Bonchev–Trinajstić information content (AvgIpc) is 2.71. The number of rotatable bonds is 4. The molecule has 0 bridgehead atoms. The summed E-state index contributed by atoms with van der Waals surface area (Å²) in [4.78, 5) is 22.4. The summed E-state index contributed by atoms with van der Waals surface area (Å²) in [6.45, 7) is 3.85. The third kappa shape index (κ3) is 4.23. The number of hydrogen-bond donors (Lipinski definition) is 3. The first-order chi connectivity index (χ1) is 8.02. The number of nitrogens with one attached hydrogen (secondary N) is 3. The highest BCUT2D eigenvalue weighted by molar-refractivity contribution is 5.96. The van der Waals surface area contributed by atoms with Gasteiger partial charge in [-0.3, -0.25) is 15.4 Å². The van der Waals surface area contributed by atoms with Crippen molar-refractivity contribution in [1.82, 2.24) is 21.1 Å². The van der Waals surface area contributed by atoms with Crippen LogP contribution in [0.4, 0.5) is 4.79 Å². The molecule has 7 heteroatoms. The third-order valence-corrected chi connectivity index (χ3v) is 2.12. The Morgan fingerprint density at radius 3 is 2.76 bits per heavy atom. The van der Waals surface area contributed by atoms with Crippen molar-refractivity contribution >= 4 is 11.9 Å². The van der Waals surface area contributed by atoms with Gasteiger partial charge in [-0.1, -0.05) is 5.16 Å². The molecule has 0 saturated heterocycles. The van der Waals surface area contributed by atoms with Crippen LogP contribution in [-0.4, -0.2) is 30.2 Å². The fraction of sp³-hybridized carbons (Fsp3) is 0.500. The van der Waals surface area contributed by atoms with Crippen LogP contribution >= 0.6 is 0 Å². The van der Waals surface area contributed by atoms with E-state index in [0.717, 1.165) is 5.69 Å². The van der Waals surface area contributed by atoms with Crippen LogP contribution in [0.5, 0.6) is 0 Å². The second kappa shape index (κ2) is 6.00. The summed E-state index contributed by atoms with van der Waals surface area (Å²) in [7, 11) is 1.44. The number of imide groups is 1. The molecule has 1 heterocycles. The molecule has 1 aromatic rings. The first kappa shape index (κ1) is 13.2. The topological polar surface area (TPSA) is 96.3 Å². The van der Waals surface area contributed by atoms with Crippen molar-refractivity contribution in [3.8, 4) is 0 Å². The molecule has 0 aliphatic rings. The van der Waals surface area contributed by atoms with Crippen molar-refractivity contribution < 1.29 is 14.1 Å². The fourth-order valence-corrected chi connectivity index (χ4v) is 1.13. The predicted octanol–water partition coefficient (Wildman–Crippen LogP) is -0.0833. The van der Waals surface area contributed by atoms with Crippen LogP contribution in [0.15, 0.2) is 10.6 Å². The summed E-state index contributed by atoms with van der Waals surface area (Å²) >= 11 is 0. The monoisotopic (exact) mass is 240 g/mol. The Kier molecular flexibility index (Phi) is 4.65. The minimum Gasteiger partial charge on any atom is -0.360 e. The summed E-state index contributed by atoms with van der Waals surface area (Å²) < 4.78 is 4.97. The number of carbonyl (C=O) groups excluding carboxylic acids is 2. The second-order valence-corrected chi connectivity index (χ2v) is 3.61. The van der Waals surface area contributed by atoms with Crippen molar-refractivity contribution in [2.75, 3.05) is 7.05 Å². The summed E-state index contributed by atoms with van der Waals surface area (Å²) in [6, 6.07) is 0.744. The highest BCUT2D eigenvalue weighted by Crippen LogP contribution is 2.01. The van der Waals surface area contributed by atoms with E-state index in [1.54, 1.807) is 13.0 Å². The minimum atomic E-state index is -0.529. The molecule has 17 heavy (non-hydrogen) atoms. The van der Waals surface area contributed by atoms with Crippen LogP contribution in [0.25, 0.3) is 0 Å². The van der Waals surface area contributed by atoms with Gasteiger partial charge < -0.3 is 9.84 Å². The summed E-state index contributed by atoms with van der Waals surface area (Å²) in [6.07, 6.45) is 0. The predicted molar refractivity (Wildman–Crippen MR) is 60.1 cm³/mol. The molecular weight excluding hydrogens is 224 g/mol. The van der Waals surface area contributed by atoms with E-state index in [9.17, 15) is 9.59 Å². The van der Waals surface area contributed by atoms with Gasteiger partial charge in [0.25, 0.3) is 0 Å². The van der Waals surface area contributed by atoms with Gasteiger partial charge in [0, 0.05) is 13.1 Å². The van der Waals surface area contributed by atoms with E-state index >= 15 is 0 Å². The normalized spacial score (nSPS) is 11.9. The van der Waals surface area contributed by atoms with Crippen LogP contribution in [-0.2, 0) is 11.3 Å². The quantitative estimate of drug-likeness (QED) is 0.684. The number of nitrogens with zero attached hydrogens (tertiary/aromatic N) is 1. The molecular formula is C10H16N4O3. The van der Waals surface area contributed by atoms with Gasteiger partial charge in [-0.05, 0) is 13.8 Å². The molecule has 0 aliphatic heterocycles. The van der Waals surface area contributed by atoms with Crippen LogP contribution in [0.1, 0.15) is 18.4 Å². The van der Waals surface area contributed by atoms with Crippen molar-refractivity contribution in [2.24, 2.45) is 0 Å². The van der Waals surface area contributed by atoms with Crippen LogP contribution in [0, 0.1) is 6.92 Å². The lowest BCUT2D eigenvalue weighted by atomic mass is 10.3. The molecule has 3 amide bonds. The van der Waals surface area contributed by atoms with Gasteiger partial charge in [0.15, 0.2) is 5.76 Å². The van der Waals surface area contributed by atoms with Gasteiger partial charge in [0.2, 0.25) is 5.91 Å². The molecule has 1 aromatic heterocycles. The molecule has 0 aliphatic carbocycles. The Hall–Kier alpha value is -1.89. The number of hydrogen-bond acceptors (Lipinski definition) is 5. The molecule has 1 atom stereocenters. The zero-order chi connectivity index (χ0) is 12.8. The molecule has 7 nitrogen and oxygen atoms in total. The van der Waals surface area contributed by atoms with Crippen LogP contribution in [0.2, 0.25) is 0 Å². The molecule has 0 spiro atoms. The van der Waals surface area contributed by atoms with E-state index in [1.807, 2.05) is 6.92 Å². The minimum absolute atomic E-state index is 0.378. The van der Waals surface area contributed by atoms with Gasteiger partial charge in [0.05, 0.1) is 18.3 Å². The van der Waals surface area contributed by atoms with E-state index in [1.165, 1.54) is 7.05 Å². The Morgan fingerprint density at radius 2 is 2.24 bits per heavy atom. The van der Waals surface area contributed by atoms with Gasteiger partial charge in [-0.25, -0.2) is 4.79 Å². The average molecular weight is 240 g/mol. The van der Waals surface area contributed by atoms with Gasteiger partial charge in [-0.15, -0.1) is 0 Å². The van der Waals surface area contributed by atoms with E-state index in [4.69, 9.17) is 4.52 Å². The number of aryl methyl sites for hydroxylation is 1. The fourth-order valence-electron chi connectivity index (χ4n) is 1.13. The molecule has 0 radical (unpaired) electrons. The highest BCUT2D eigenvalue weighted by atomic mass is 16.5. The Labute approximate surface area is 98.9 Å². The van der Waals surface area contributed by atoms with Crippen molar-refractivity contribution in [2.45, 2.75) is 26.4 Å². The molecule has 0 aromatic carbocycles. The number of amides is 3. The maximum absolute atomic E-state index is 11.5. The van der Waals surface area contributed by atoms with Gasteiger partial charge in [-0.2, -0.15) is 0 Å². The zero-order valence-electron chi connectivity index (χ0n) is 10.0. The second-order valence-electron chi connectivity index (χ2n) is 3.61. The summed E-state index contributed by atoms with van der Waals surface area (Å²) in [5.74, 6) is 0.239. The van der Waals surface area contributed by atoms with Gasteiger partial charge >= 0.3 is 6.03 Å². The third-order valence-electron chi connectivity index (χ3n) is 2.12. The summed E-state index contributed by atoms with van der Waals surface area (Å²) in [5.41, 5.74) is 0.782. The van der Waals surface area contributed by atoms with Crippen LogP contribution < -0.4 is 16.0 Å². The zero-order valence-corrected chi connectivity index (χ0v) is 10.0. The van der Waals surface area contributed by atoms with Crippen LogP contribution in [0.3, 0.4) is 0 Å².